The first-order valence-corrected chi connectivity index (χ1v) is 6.98. The van der Waals surface area contributed by atoms with Crippen LogP contribution in [0.5, 0.6) is 0 Å². The first-order chi connectivity index (χ1) is 9.51. The summed E-state index contributed by atoms with van der Waals surface area (Å²) in [6.45, 7) is 5.86. The summed E-state index contributed by atoms with van der Waals surface area (Å²) in [5, 5.41) is 7.18. The fraction of sp³-hybridized carbons (Fsp3) is 0.385. The van der Waals surface area contributed by atoms with Gasteiger partial charge in [-0.25, -0.2) is 9.50 Å². The molecule has 0 aliphatic heterocycles. The number of terminal acetylenes is 1. The standard InChI is InChI=1S/C13H15N5OS/c1-5-6-14-11(19)10(4)20-13-16-12-15-8(2)7-9(3)18(12)17-13/h1,7,10H,6H2,2-4H3,(H,14,19). The van der Waals surface area contributed by atoms with E-state index in [1.54, 1.807) is 11.4 Å². The predicted octanol–water partition coefficient (Wildman–Crippen LogP) is 0.971. The number of carbonyl (C=O) groups excluding carboxylic acids is 1. The van der Waals surface area contributed by atoms with Crippen LogP contribution in [0.1, 0.15) is 18.3 Å². The van der Waals surface area contributed by atoms with E-state index in [1.807, 2.05) is 19.9 Å². The van der Waals surface area contributed by atoms with Crippen LogP contribution in [0.3, 0.4) is 0 Å². The van der Waals surface area contributed by atoms with Crippen LogP contribution in [0.25, 0.3) is 5.78 Å². The number of fused-ring (bicyclic) bond motifs is 1. The molecule has 1 N–H and O–H groups in total. The smallest absolute Gasteiger partial charge is 0.253 e. The van der Waals surface area contributed by atoms with Gasteiger partial charge in [-0.2, -0.15) is 4.98 Å². The molecule has 2 aromatic rings. The van der Waals surface area contributed by atoms with Gasteiger partial charge < -0.3 is 5.32 Å². The normalized spacial score (nSPS) is 12.1. The highest BCUT2D eigenvalue weighted by Gasteiger charge is 2.17. The van der Waals surface area contributed by atoms with Crippen molar-refractivity contribution in [3.8, 4) is 12.3 Å². The van der Waals surface area contributed by atoms with Crippen molar-refractivity contribution in [3.05, 3.63) is 17.5 Å². The van der Waals surface area contributed by atoms with E-state index in [-0.39, 0.29) is 17.7 Å². The minimum Gasteiger partial charge on any atom is -0.344 e. The summed E-state index contributed by atoms with van der Waals surface area (Å²) >= 11 is 1.28. The highest BCUT2D eigenvalue weighted by molar-refractivity contribution is 8.00. The molecule has 20 heavy (non-hydrogen) atoms. The maximum Gasteiger partial charge on any atom is 0.253 e. The number of nitrogens with zero attached hydrogens (tertiary/aromatic N) is 4. The Morgan fingerprint density at radius 2 is 2.30 bits per heavy atom. The zero-order valence-corrected chi connectivity index (χ0v) is 12.4. The van der Waals surface area contributed by atoms with Crippen LogP contribution in [0.15, 0.2) is 11.2 Å². The summed E-state index contributed by atoms with van der Waals surface area (Å²) in [5.41, 5.74) is 1.84. The van der Waals surface area contributed by atoms with Gasteiger partial charge in [-0.1, -0.05) is 17.7 Å². The van der Waals surface area contributed by atoms with E-state index in [1.165, 1.54) is 11.8 Å². The molecular formula is C13H15N5OS. The molecule has 1 amide bonds. The van der Waals surface area contributed by atoms with Gasteiger partial charge in [0.15, 0.2) is 0 Å². The van der Waals surface area contributed by atoms with Gasteiger partial charge in [-0.3, -0.25) is 4.79 Å². The van der Waals surface area contributed by atoms with Crippen LogP contribution in [0.2, 0.25) is 0 Å². The predicted molar refractivity (Wildman–Crippen MR) is 77.4 cm³/mol. The maximum absolute atomic E-state index is 11.7. The lowest BCUT2D eigenvalue weighted by molar-refractivity contribution is -0.120. The van der Waals surface area contributed by atoms with E-state index in [2.05, 4.69) is 26.3 Å². The van der Waals surface area contributed by atoms with Crippen molar-refractivity contribution in [2.24, 2.45) is 0 Å². The van der Waals surface area contributed by atoms with Crippen LogP contribution in [-0.2, 0) is 4.79 Å². The lowest BCUT2D eigenvalue weighted by Gasteiger charge is -2.07. The van der Waals surface area contributed by atoms with Crippen molar-refractivity contribution in [3.63, 3.8) is 0 Å². The number of hydrogen-bond acceptors (Lipinski definition) is 5. The average Bonchev–Trinajstić information content (AvgIpc) is 2.78. The summed E-state index contributed by atoms with van der Waals surface area (Å²) in [7, 11) is 0. The number of rotatable bonds is 4. The highest BCUT2D eigenvalue weighted by Crippen LogP contribution is 2.20. The summed E-state index contributed by atoms with van der Waals surface area (Å²) in [6, 6.07) is 1.93. The molecule has 2 rings (SSSR count). The van der Waals surface area contributed by atoms with Gasteiger partial charge in [0.2, 0.25) is 11.1 Å². The quantitative estimate of drug-likeness (QED) is 0.671. The summed E-state index contributed by atoms with van der Waals surface area (Å²) in [4.78, 5) is 20.4. The number of carbonyl (C=O) groups is 1. The Hall–Kier alpha value is -2.07. The SMILES string of the molecule is C#CCNC(=O)C(C)Sc1nc2nc(C)cc(C)n2n1. The molecule has 6 nitrogen and oxygen atoms in total. The van der Waals surface area contributed by atoms with Crippen molar-refractivity contribution in [1.29, 1.82) is 0 Å². The number of thioether (sulfide) groups is 1. The third-order valence-corrected chi connectivity index (χ3v) is 3.57. The molecule has 104 valence electrons. The molecule has 0 fully saturated rings. The van der Waals surface area contributed by atoms with Gasteiger partial charge >= 0.3 is 0 Å². The second-order valence-corrected chi connectivity index (χ2v) is 5.64. The average molecular weight is 289 g/mol. The molecule has 0 radical (unpaired) electrons. The monoisotopic (exact) mass is 289 g/mol. The largest absolute Gasteiger partial charge is 0.344 e. The van der Waals surface area contributed by atoms with Gasteiger partial charge in [-0.05, 0) is 26.8 Å². The number of aromatic nitrogens is 4. The molecule has 0 spiro atoms. The first kappa shape index (κ1) is 14.3. The van der Waals surface area contributed by atoms with Crippen molar-refractivity contribution < 1.29 is 4.79 Å². The Morgan fingerprint density at radius 1 is 1.55 bits per heavy atom. The molecule has 1 unspecified atom stereocenters. The fourth-order valence-corrected chi connectivity index (χ4v) is 2.46. The van der Waals surface area contributed by atoms with Crippen LogP contribution >= 0.6 is 11.8 Å². The maximum atomic E-state index is 11.7. The van der Waals surface area contributed by atoms with Crippen molar-refractivity contribution in [1.82, 2.24) is 24.9 Å². The molecule has 2 heterocycles. The van der Waals surface area contributed by atoms with Gasteiger partial charge in [-0.15, -0.1) is 11.5 Å². The number of amides is 1. The molecule has 0 aliphatic carbocycles. The third-order valence-electron chi connectivity index (χ3n) is 2.61. The highest BCUT2D eigenvalue weighted by atomic mass is 32.2. The zero-order valence-electron chi connectivity index (χ0n) is 11.5. The molecule has 1 atom stereocenters. The molecule has 0 bridgehead atoms. The minimum atomic E-state index is -0.317. The molecular weight excluding hydrogens is 274 g/mol. The summed E-state index contributed by atoms with van der Waals surface area (Å²) in [6.07, 6.45) is 5.10. The number of hydrogen-bond donors (Lipinski definition) is 1. The van der Waals surface area contributed by atoms with Crippen molar-refractivity contribution in [2.45, 2.75) is 31.2 Å². The van der Waals surface area contributed by atoms with Gasteiger partial charge in [0.25, 0.3) is 5.78 Å². The molecule has 0 saturated carbocycles. The second kappa shape index (κ2) is 5.92. The fourth-order valence-electron chi connectivity index (χ4n) is 1.69. The van der Waals surface area contributed by atoms with E-state index in [0.29, 0.717) is 10.9 Å². The molecule has 0 aromatic carbocycles. The summed E-state index contributed by atoms with van der Waals surface area (Å²) < 4.78 is 1.67. The van der Waals surface area contributed by atoms with E-state index in [0.717, 1.165) is 11.4 Å². The topological polar surface area (TPSA) is 72.2 Å². The second-order valence-electron chi connectivity index (χ2n) is 4.33. The molecule has 2 aromatic heterocycles. The Bertz CT molecular complexity index is 688. The zero-order chi connectivity index (χ0) is 14.7. The lowest BCUT2D eigenvalue weighted by atomic mass is 10.4. The van der Waals surface area contributed by atoms with Crippen molar-refractivity contribution in [2.75, 3.05) is 6.54 Å². The first-order valence-electron chi connectivity index (χ1n) is 6.10. The number of aryl methyl sites for hydroxylation is 2. The van der Waals surface area contributed by atoms with Gasteiger partial charge in [0, 0.05) is 11.4 Å². The van der Waals surface area contributed by atoms with E-state index in [4.69, 9.17) is 6.42 Å². The minimum absolute atomic E-state index is 0.132. The van der Waals surface area contributed by atoms with E-state index >= 15 is 0 Å². The Labute approximate surface area is 121 Å². The third kappa shape index (κ3) is 3.08. The Kier molecular flexibility index (Phi) is 4.25. The lowest BCUT2D eigenvalue weighted by Crippen LogP contribution is -2.31. The molecule has 0 aliphatic rings. The van der Waals surface area contributed by atoms with Crippen LogP contribution < -0.4 is 5.32 Å². The van der Waals surface area contributed by atoms with Gasteiger partial charge in [0.05, 0.1) is 11.8 Å². The molecule has 0 saturated heterocycles. The van der Waals surface area contributed by atoms with Crippen LogP contribution in [0, 0.1) is 26.2 Å². The van der Waals surface area contributed by atoms with Crippen LogP contribution in [-0.4, -0.2) is 37.3 Å². The molecule has 7 heteroatoms. The number of nitrogens with one attached hydrogen (secondary N) is 1. The Balaban J connectivity index is 2.16. The van der Waals surface area contributed by atoms with Crippen molar-refractivity contribution >= 4 is 23.4 Å². The van der Waals surface area contributed by atoms with E-state index < -0.39 is 0 Å². The van der Waals surface area contributed by atoms with Gasteiger partial charge in [0.1, 0.15) is 0 Å². The van der Waals surface area contributed by atoms with E-state index in [9.17, 15) is 4.79 Å². The summed E-state index contributed by atoms with van der Waals surface area (Å²) in [5.74, 6) is 2.78. The van der Waals surface area contributed by atoms with Crippen LogP contribution in [0.4, 0.5) is 0 Å². The Morgan fingerprint density at radius 3 is 3.00 bits per heavy atom.